The van der Waals surface area contributed by atoms with Gasteiger partial charge in [-0.2, -0.15) is 5.10 Å². The molecule has 0 fully saturated rings. The number of nitrogens with zero attached hydrogens (tertiary/aromatic N) is 4. The van der Waals surface area contributed by atoms with Crippen LogP contribution in [0.1, 0.15) is 16.1 Å². The SMILES string of the molecule is NCc1cnc(-n2ccc(C(N)=O)n2)nc1. The van der Waals surface area contributed by atoms with Gasteiger partial charge in [0.25, 0.3) is 5.91 Å². The number of rotatable bonds is 3. The van der Waals surface area contributed by atoms with Crippen LogP contribution >= 0.6 is 0 Å². The van der Waals surface area contributed by atoms with Crippen molar-refractivity contribution in [3.8, 4) is 5.95 Å². The first-order chi connectivity index (χ1) is 7.70. The molecule has 0 radical (unpaired) electrons. The Hall–Kier alpha value is -2.28. The van der Waals surface area contributed by atoms with Crippen LogP contribution in [0.2, 0.25) is 0 Å². The first-order valence-electron chi connectivity index (χ1n) is 4.57. The largest absolute Gasteiger partial charge is 0.364 e. The van der Waals surface area contributed by atoms with Crippen molar-refractivity contribution in [3.63, 3.8) is 0 Å². The van der Waals surface area contributed by atoms with Crippen LogP contribution in [0.25, 0.3) is 5.95 Å². The fourth-order valence-electron chi connectivity index (χ4n) is 1.14. The van der Waals surface area contributed by atoms with Gasteiger partial charge in [-0.3, -0.25) is 4.79 Å². The van der Waals surface area contributed by atoms with Crippen LogP contribution in [0.5, 0.6) is 0 Å². The third kappa shape index (κ3) is 1.89. The molecule has 7 nitrogen and oxygen atoms in total. The lowest BCUT2D eigenvalue weighted by atomic mass is 10.3. The second kappa shape index (κ2) is 4.07. The number of aromatic nitrogens is 4. The van der Waals surface area contributed by atoms with Crippen molar-refractivity contribution in [2.45, 2.75) is 6.54 Å². The van der Waals surface area contributed by atoms with Crippen LogP contribution in [0.3, 0.4) is 0 Å². The number of hydrogen-bond acceptors (Lipinski definition) is 5. The molecule has 0 aliphatic carbocycles. The van der Waals surface area contributed by atoms with Crippen LogP contribution < -0.4 is 11.5 Å². The van der Waals surface area contributed by atoms with E-state index in [2.05, 4.69) is 15.1 Å². The van der Waals surface area contributed by atoms with Crippen LogP contribution in [-0.2, 0) is 6.54 Å². The summed E-state index contributed by atoms with van der Waals surface area (Å²) in [6.45, 7) is 0.381. The predicted molar refractivity (Wildman–Crippen MR) is 55.6 cm³/mol. The van der Waals surface area contributed by atoms with Gasteiger partial charge in [-0.15, -0.1) is 0 Å². The third-order valence-corrected chi connectivity index (χ3v) is 1.97. The van der Waals surface area contributed by atoms with Crippen LogP contribution in [0, 0.1) is 0 Å². The number of carbonyl (C=O) groups excluding carboxylic acids is 1. The molecule has 0 aromatic carbocycles. The van der Waals surface area contributed by atoms with Crippen LogP contribution in [0.15, 0.2) is 24.7 Å². The van der Waals surface area contributed by atoms with Crippen molar-refractivity contribution in [2.24, 2.45) is 11.5 Å². The van der Waals surface area contributed by atoms with Gasteiger partial charge in [0.15, 0.2) is 0 Å². The molecule has 0 bridgehead atoms. The average molecular weight is 218 g/mol. The number of amides is 1. The Morgan fingerprint density at radius 3 is 2.56 bits per heavy atom. The van der Waals surface area contributed by atoms with Gasteiger partial charge in [-0.1, -0.05) is 0 Å². The molecule has 16 heavy (non-hydrogen) atoms. The van der Waals surface area contributed by atoms with Gasteiger partial charge in [0.2, 0.25) is 5.95 Å². The summed E-state index contributed by atoms with van der Waals surface area (Å²) >= 11 is 0. The van der Waals surface area contributed by atoms with Crippen molar-refractivity contribution in [1.82, 2.24) is 19.7 Å². The highest BCUT2D eigenvalue weighted by atomic mass is 16.1. The molecule has 0 atom stereocenters. The normalized spacial score (nSPS) is 10.3. The first kappa shape index (κ1) is 10.2. The van der Waals surface area contributed by atoms with E-state index in [1.165, 1.54) is 10.7 Å². The molecule has 0 aliphatic heterocycles. The van der Waals surface area contributed by atoms with E-state index in [4.69, 9.17) is 11.5 Å². The number of carbonyl (C=O) groups is 1. The molecule has 2 heterocycles. The van der Waals surface area contributed by atoms with Crippen molar-refractivity contribution in [1.29, 1.82) is 0 Å². The summed E-state index contributed by atoms with van der Waals surface area (Å²) in [4.78, 5) is 18.9. The molecule has 7 heteroatoms. The molecule has 0 saturated carbocycles. The molecule has 0 unspecified atom stereocenters. The van der Waals surface area contributed by atoms with Crippen molar-refractivity contribution >= 4 is 5.91 Å². The second-order valence-corrected chi connectivity index (χ2v) is 3.11. The topological polar surface area (TPSA) is 113 Å². The average Bonchev–Trinajstić information content (AvgIpc) is 2.78. The summed E-state index contributed by atoms with van der Waals surface area (Å²) < 4.78 is 1.38. The third-order valence-electron chi connectivity index (χ3n) is 1.97. The molecular weight excluding hydrogens is 208 g/mol. The Bertz CT molecular complexity index is 503. The van der Waals surface area contributed by atoms with Crippen molar-refractivity contribution in [2.75, 3.05) is 0 Å². The van der Waals surface area contributed by atoms with Crippen molar-refractivity contribution < 1.29 is 4.79 Å². The number of primary amides is 1. The van der Waals surface area contributed by atoms with E-state index < -0.39 is 5.91 Å². The van der Waals surface area contributed by atoms with E-state index >= 15 is 0 Å². The Morgan fingerprint density at radius 2 is 2.06 bits per heavy atom. The van der Waals surface area contributed by atoms with E-state index in [1.54, 1.807) is 18.6 Å². The summed E-state index contributed by atoms with van der Waals surface area (Å²) in [7, 11) is 0. The standard InChI is InChI=1S/C9H10N6O/c10-3-6-4-12-9(13-5-6)15-2-1-7(14-15)8(11)16/h1-2,4-5H,3,10H2,(H2,11,16). The monoisotopic (exact) mass is 218 g/mol. The fraction of sp³-hybridized carbons (Fsp3) is 0.111. The molecule has 4 N–H and O–H groups in total. The van der Waals surface area contributed by atoms with Gasteiger partial charge in [0.05, 0.1) is 0 Å². The smallest absolute Gasteiger partial charge is 0.269 e. The Morgan fingerprint density at radius 1 is 1.38 bits per heavy atom. The van der Waals surface area contributed by atoms with Crippen molar-refractivity contribution in [3.05, 3.63) is 35.9 Å². The van der Waals surface area contributed by atoms with Gasteiger partial charge in [0, 0.05) is 30.7 Å². The lowest BCUT2D eigenvalue weighted by Gasteiger charge is -1.99. The van der Waals surface area contributed by atoms with E-state index in [9.17, 15) is 4.79 Å². The Kier molecular flexibility index (Phi) is 2.61. The van der Waals surface area contributed by atoms with Gasteiger partial charge in [0.1, 0.15) is 5.69 Å². The maximum Gasteiger partial charge on any atom is 0.269 e. The highest BCUT2D eigenvalue weighted by Crippen LogP contribution is 2.02. The number of hydrogen-bond donors (Lipinski definition) is 2. The minimum atomic E-state index is -0.586. The summed E-state index contributed by atoms with van der Waals surface area (Å²) in [5.74, 6) is -0.220. The molecule has 0 aliphatic rings. The minimum Gasteiger partial charge on any atom is -0.364 e. The molecular formula is C9H10N6O. The Labute approximate surface area is 91.1 Å². The highest BCUT2D eigenvalue weighted by molar-refractivity contribution is 5.90. The molecule has 2 aromatic heterocycles. The zero-order valence-corrected chi connectivity index (χ0v) is 8.37. The quantitative estimate of drug-likeness (QED) is 0.701. The molecule has 82 valence electrons. The first-order valence-corrected chi connectivity index (χ1v) is 4.57. The number of nitrogens with two attached hydrogens (primary N) is 2. The van der Waals surface area contributed by atoms with Gasteiger partial charge in [-0.25, -0.2) is 14.6 Å². The zero-order valence-electron chi connectivity index (χ0n) is 8.37. The summed E-state index contributed by atoms with van der Waals surface area (Å²) in [5, 5.41) is 3.92. The van der Waals surface area contributed by atoms with Gasteiger partial charge < -0.3 is 11.5 Å². The maximum absolute atomic E-state index is 10.8. The summed E-state index contributed by atoms with van der Waals surface area (Å²) in [6, 6.07) is 1.50. The molecule has 0 spiro atoms. The van der Waals surface area contributed by atoms with Crippen LogP contribution in [0.4, 0.5) is 0 Å². The minimum absolute atomic E-state index is 0.173. The van der Waals surface area contributed by atoms with E-state index in [-0.39, 0.29) is 5.69 Å². The molecule has 2 rings (SSSR count). The van der Waals surface area contributed by atoms with E-state index in [0.29, 0.717) is 12.5 Å². The second-order valence-electron chi connectivity index (χ2n) is 3.11. The molecule has 0 saturated heterocycles. The Balaban J connectivity index is 2.31. The highest BCUT2D eigenvalue weighted by Gasteiger charge is 2.07. The van der Waals surface area contributed by atoms with E-state index in [1.807, 2.05) is 0 Å². The fourth-order valence-corrected chi connectivity index (χ4v) is 1.14. The molecule has 1 amide bonds. The lowest BCUT2D eigenvalue weighted by molar-refractivity contribution is 0.0995. The zero-order chi connectivity index (χ0) is 11.5. The van der Waals surface area contributed by atoms with Crippen LogP contribution in [-0.4, -0.2) is 25.7 Å². The lowest BCUT2D eigenvalue weighted by Crippen LogP contribution is -2.12. The van der Waals surface area contributed by atoms with Gasteiger partial charge in [-0.05, 0) is 6.07 Å². The van der Waals surface area contributed by atoms with E-state index in [0.717, 1.165) is 5.56 Å². The summed E-state index contributed by atoms with van der Waals surface area (Å²) in [5.41, 5.74) is 11.5. The van der Waals surface area contributed by atoms with Gasteiger partial charge >= 0.3 is 0 Å². The predicted octanol–water partition coefficient (Wildman–Crippen LogP) is -0.780. The maximum atomic E-state index is 10.8. The summed E-state index contributed by atoms with van der Waals surface area (Å²) in [6.07, 6.45) is 4.78. The molecule has 2 aromatic rings.